The van der Waals surface area contributed by atoms with Crippen molar-refractivity contribution in [3.63, 3.8) is 0 Å². The van der Waals surface area contributed by atoms with E-state index in [-0.39, 0.29) is 22.5 Å². The van der Waals surface area contributed by atoms with Crippen LogP contribution in [0.3, 0.4) is 0 Å². The number of carboxylic acid groups (broad SMARTS) is 2. The number of H-pyrrole nitrogens is 2. The molecule has 0 aliphatic carbocycles. The Kier molecular flexibility index (Phi) is 11.8. The predicted octanol–water partition coefficient (Wildman–Crippen LogP) is 8.54. The van der Waals surface area contributed by atoms with Crippen molar-refractivity contribution >= 4 is 18.0 Å². The van der Waals surface area contributed by atoms with Gasteiger partial charge in [-0.1, -0.05) is 72.8 Å². The molecule has 0 saturated carbocycles. The summed E-state index contributed by atoms with van der Waals surface area (Å²) in [5.41, 5.74) is 8.56. The Balaban J connectivity index is 0.000000184. The number of amides is 1. The molecule has 12 heteroatoms. The number of aromatic nitrogens is 4. The molecule has 59 heavy (non-hydrogen) atoms. The number of piperidine rings is 2. The van der Waals surface area contributed by atoms with Crippen molar-refractivity contribution in [2.75, 3.05) is 26.2 Å². The molecular formula is C47H50N6O6. The lowest BCUT2D eigenvalue weighted by Gasteiger charge is -2.43. The van der Waals surface area contributed by atoms with E-state index in [1.54, 1.807) is 35.4 Å². The van der Waals surface area contributed by atoms with E-state index in [2.05, 4.69) is 74.2 Å². The monoisotopic (exact) mass is 794 g/mol. The molecule has 0 unspecified atom stereocenters. The minimum Gasteiger partial charge on any atom is -0.478 e. The molecule has 0 bridgehead atoms. The Hall–Kier alpha value is -6.53. The molecule has 2 fully saturated rings. The van der Waals surface area contributed by atoms with Crippen LogP contribution in [0.4, 0.5) is 4.79 Å². The quantitative estimate of drug-likeness (QED) is 0.101. The van der Waals surface area contributed by atoms with Crippen LogP contribution in [0.1, 0.15) is 89.4 Å². The maximum Gasteiger partial charge on any atom is 0.410 e. The summed E-state index contributed by atoms with van der Waals surface area (Å²) in [5.74, 6) is -1.83. The van der Waals surface area contributed by atoms with Crippen LogP contribution < -0.4 is 5.32 Å². The third kappa shape index (κ3) is 8.97. The van der Waals surface area contributed by atoms with Crippen LogP contribution in [0.25, 0.3) is 22.3 Å². The van der Waals surface area contributed by atoms with Crippen LogP contribution in [-0.2, 0) is 15.6 Å². The number of rotatable bonds is 8. The summed E-state index contributed by atoms with van der Waals surface area (Å²) in [4.78, 5) is 36.9. The van der Waals surface area contributed by atoms with Gasteiger partial charge in [0.25, 0.3) is 0 Å². The highest BCUT2D eigenvalue weighted by Crippen LogP contribution is 2.43. The normalized spacial score (nSPS) is 16.0. The van der Waals surface area contributed by atoms with Gasteiger partial charge >= 0.3 is 18.0 Å². The fraction of sp³-hybridized carbons (Fsp3) is 0.298. The molecule has 2 aromatic heterocycles. The minimum atomic E-state index is -0.945. The summed E-state index contributed by atoms with van der Waals surface area (Å²) in [7, 11) is 0. The Bertz CT molecular complexity index is 2320. The molecule has 2 aliphatic heterocycles. The number of hydrogen-bond acceptors (Lipinski definition) is 7. The number of aromatic carboxylic acids is 2. The van der Waals surface area contributed by atoms with Crippen LogP contribution in [0.5, 0.6) is 0 Å². The van der Waals surface area contributed by atoms with Gasteiger partial charge in [-0.25, -0.2) is 14.4 Å². The van der Waals surface area contributed by atoms with E-state index >= 15 is 0 Å². The number of benzene rings is 4. The van der Waals surface area contributed by atoms with Crippen molar-refractivity contribution in [3.05, 3.63) is 155 Å². The summed E-state index contributed by atoms with van der Waals surface area (Å²) in [6.45, 7) is 8.60. The van der Waals surface area contributed by atoms with Crippen molar-refractivity contribution in [3.8, 4) is 22.3 Å². The number of carbonyl (C=O) groups is 3. The highest BCUT2D eigenvalue weighted by molar-refractivity contribution is 5.88. The van der Waals surface area contributed by atoms with Gasteiger partial charge in [0.15, 0.2) is 0 Å². The van der Waals surface area contributed by atoms with Gasteiger partial charge in [0, 0.05) is 47.4 Å². The zero-order valence-corrected chi connectivity index (χ0v) is 33.6. The van der Waals surface area contributed by atoms with Crippen LogP contribution >= 0.6 is 0 Å². The summed E-state index contributed by atoms with van der Waals surface area (Å²) < 4.78 is 5.57. The van der Waals surface area contributed by atoms with Gasteiger partial charge in [-0.3, -0.25) is 10.2 Å². The fourth-order valence-corrected chi connectivity index (χ4v) is 8.38. The first-order valence-corrected chi connectivity index (χ1v) is 19.9. The summed E-state index contributed by atoms with van der Waals surface area (Å²) in [6.07, 6.45) is 10.5. The second-order valence-electron chi connectivity index (χ2n) is 16.3. The van der Waals surface area contributed by atoms with Crippen LogP contribution in [-0.4, -0.2) is 85.3 Å². The van der Waals surface area contributed by atoms with Crippen LogP contribution in [0.2, 0.25) is 0 Å². The molecule has 0 spiro atoms. The summed E-state index contributed by atoms with van der Waals surface area (Å²) in [6, 6.07) is 31.5. The molecule has 8 rings (SSSR count). The number of ether oxygens (including phenoxy) is 1. The Labute approximate surface area is 343 Å². The third-order valence-electron chi connectivity index (χ3n) is 11.6. The average molecular weight is 795 g/mol. The number of aromatic amines is 2. The first kappa shape index (κ1) is 40.7. The van der Waals surface area contributed by atoms with E-state index in [4.69, 9.17) is 4.74 Å². The van der Waals surface area contributed by atoms with Crippen molar-refractivity contribution in [1.82, 2.24) is 30.6 Å². The molecule has 304 valence electrons. The number of likely N-dealkylation sites (tertiary alicyclic amines) is 1. The van der Waals surface area contributed by atoms with Gasteiger partial charge < -0.3 is 25.2 Å². The van der Waals surface area contributed by atoms with Gasteiger partial charge in [0.05, 0.1) is 23.5 Å². The molecule has 12 nitrogen and oxygen atoms in total. The van der Waals surface area contributed by atoms with Gasteiger partial charge in [-0.2, -0.15) is 10.2 Å². The highest BCUT2D eigenvalue weighted by Gasteiger charge is 2.40. The van der Waals surface area contributed by atoms with E-state index in [1.807, 2.05) is 63.6 Å². The van der Waals surface area contributed by atoms with E-state index in [9.17, 15) is 24.6 Å². The van der Waals surface area contributed by atoms with Crippen LogP contribution in [0, 0.1) is 0 Å². The zero-order chi connectivity index (χ0) is 41.6. The first-order valence-electron chi connectivity index (χ1n) is 19.9. The molecule has 0 atom stereocenters. The Morgan fingerprint density at radius 3 is 1.29 bits per heavy atom. The number of carboxylic acids is 2. The first-order chi connectivity index (χ1) is 28.4. The van der Waals surface area contributed by atoms with Gasteiger partial charge in [0.1, 0.15) is 5.60 Å². The van der Waals surface area contributed by atoms with Gasteiger partial charge in [-0.05, 0) is 117 Å². The third-order valence-corrected chi connectivity index (χ3v) is 11.6. The Morgan fingerprint density at radius 2 is 0.949 bits per heavy atom. The van der Waals surface area contributed by atoms with Gasteiger partial charge in [0.2, 0.25) is 0 Å². The number of carbonyl (C=O) groups excluding carboxylic acids is 1. The standard InChI is InChI=1S/C26H29N3O4.C21H21N3O2/c1-25(2,3)33-24(32)29-14-12-26(13-15-29,22-10-6-19(7-11-22)23(30)31)21-8-4-18(5-9-21)20-16-27-28-17-20;25-20(26)16-3-7-19(8-4-16)21(9-11-22-12-10-21)18-5-1-15(2-6-18)17-13-23-24-14-17/h4-11,16-17H,12-15H2,1-3H3,(H,27,28)(H,30,31);1-8,13-14,22H,9-12H2,(H,23,24)(H,25,26). The van der Waals surface area contributed by atoms with Crippen molar-refractivity contribution in [1.29, 1.82) is 0 Å². The van der Waals surface area contributed by atoms with E-state index in [0.29, 0.717) is 31.5 Å². The molecule has 6 aromatic rings. The second-order valence-corrected chi connectivity index (χ2v) is 16.3. The number of nitrogens with zero attached hydrogens (tertiary/aromatic N) is 3. The molecular weight excluding hydrogens is 745 g/mol. The highest BCUT2D eigenvalue weighted by atomic mass is 16.6. The minimum absolute atomic E-state index is 0.0861. The van der Waals surface area contributed by atoms with Gasteiger partial charge in [-0.15, -0.1) is 0 Å². The molecule has 0 radical (unpaired) electrons. The van der Waals surface area contributed by atoms with Crippen molar-refractivity contribution < 1.29 is 29.3 Å². The average Bonchev–Trinajstić information content (AvgIpc) is 4.00. The largest absolute Gasteiger partial charge is 0.478 e. The molecule has 1 amide bonds. The topological polar surface area (TPSA) is 174 Å². The molecule has 2 aliphatic rings. The molecule has 5 N–H and O–H groups in total. The maximum atomic E-state index is 12.6. The Morgan fingerprint density at radius 1 is 0.576 bits per heavy atom. The lowest BCUT2D eigenvalue weighted by Crippen LogP contribution is -2.47. The molecule has 2 saturated heterocycles. The number of hydrogen-bond donors (Lipinski definition) is 5. The summed E-state index contributed by atoms with van der Waals surface area (Å²) in [5, 5.41) is 35.6. The zero-order valence-electron chi connectivity index (χ0n) is 33.6. The van der Waals surface area contributed by atoms with E-state index in [1.165, 1.54) is 11.1 Å². The van der Waals surface area contributed by atoms with Crippen molar-refractivity contribution in [2.45, 2.75) is 62.9 Å². The summed E-state index contributed by atoms with van der Waals surface area (Å²) >= 11 is 0. The van der Waals surface area contributed by atoms with Crippen molar-refractivity contribution in [2.24, 2.45) is 0 Å². The molecule has 4 aromatic carbocycles. The maximum absolute atomic E-state index is 12.6. The second kappa shape index (κ2) is 17.1. The SMILES string of the molecule is CC(C)(C)OC(=O)N1CCC(c2ccc(C(=O)O)cc2)(c2ccc(-c3cn[nH]c3)cc2)CC1.O=C(O)c1ccc(C2(c3ccc(-c4cn[nH]c4)cc3)CCNCC2)cc1. The number of nitrogens with one attached hydrogen (secondary N) is 3. The lowest BCUT2D eigenvalue weighted by atomic mass is 9.68. The molecule has 4 heterocycles. The fourth-order valence-electron chi connectivity index (χ4n) is 8.38. The van der Waals surface area contributed by atoms with E-state index in [0.717, 1.165) is 59.3 Å². The smallest absolute Gasteiger partial charge is 0.410 e. The van der Waals surface area contributed by atoms with E-state index < -0.39 is 17.5 Å². The van der Waals surface area contributed by atoms with Crippen LogP contribution in [0.15, 0.2) is 122 Å². The predicted molar refractivity (Wildman–Crippen MR) is 226 cm³/mol. The lowest BCUT2D eigenvalue weighted by molar-refractivity contribution is 0.0179.